The highest BCUT2D eigenvalue weighted by Crippen LogP contribution is 2.26. The lowest BCUT2D eigenvalue weighted by molar-refractivity contribution is -0.138. The largest absolute Gasteiger partial charge is 0.452 e. The van der Waals surface area contributed by atoms with Crippen molar-refractivity contribution >= 4 is 23.6 Å². The fourth-order valence-corrected chi connectivity index (χ4v) is 4.22. The number of carbonyl (C=O) groups is 2. The molecule has 1 unspecified atom stereocenters. The van der Waals surface area contributed by atoms with Crippen LogP contribution in [0.4, 0.5) is 0 Å². The van der Waals surface area contributed by atoms with Gasteiger partial charge in [-0.05, 0) is 44.7 Å². The van der Waals surface area contributed by atoms with Crippen LogP contribution in [0.1, 0.15) is 54.7 Å². The molecule has 1 amide bonds. The predicted molar refractivity (Wildman–Crippen MR) is 105 cm³/mol. The van der Waals surface area contributed by atoms with Gasteiger partial charge < -0.3 is 14.2 Å². The molecule has 7 nitrogen and oxygen atoms in total. The van der Waals surface area contributed by atoms with Crippen molar-refractivity contribution < 1.29 is 18.8 Å². The van der Waals surface area contributed by atoms with E-state index < -0.39 is 5.97 Å². The first-order chi connectivity index (χ1) is 13.6. The lowest BCUT2D eigenvalue weighted by Gasteiger charge is -2.35. The Labute approximate surface area is 168 Å². The van der Waals surface area contributed by atoms with Gasteiger partial charge in [-0.15, -0.1) is 11.8 Å². The third-order valence-corrected chi connectivity index (χ3v) is 5.83. The van der Waals surface area contributed by atoms with Crippen LogP contribution in [0.15, 0.2) is 33.7 Å². The highest BCUT2D eigenvalue weighted by molar-refractivity contribution is 7.98. The Morgan fingerprint density at radius 3 is 2.89 bits per heavy atom. The molecule has 150 valence electrons. The molecule has 2 aromatic rings. The highest BCUT2D eigenvalue weighted by atomic mass is 32.2. The number of ether oxygens (including phenoxy) is 1. The van der Waals surface area contributed by atoms with Crippen molar-refractivity contribution in [1.29, 1.82) is 0 Å². The van der Waals surface area contributed by atoms with E-state index >= 15 is 0 Å². The van der Waals surface area contributed by atoms with Gasteiger partial charge in [-0.2, -0.15) is 4.98 Å². The Kier molecular flexibility index (Phi) is 7.08. The molecule has 1 atom stereocenters. The van der Waals surface area contributed by atoms with Crippen LogP contribution in [0, 0.1) is 6.92 Å². The van der Waals surface area contributed by atoms with Crippen LogP contribution in [0.25, 0.3) is 0 Å². The van der Waals surface area contributed by atoms with Gasteiger partial charge in [0.05, 0.1) is 11.3 Å². The molecule has 0 bridgehead atoms. The van der Waals surface area contributed by atoms with Crippen LogP contribution in [-0.4, -0.2) is 46.1 Å². The third-order valence-electron chi connectivity index (χ3n) is 4.77. The van der Waals surface area contributed by atoms with E-state index in [1.807, 2.05) is 17.0 Å². The summed E-state index contributed by atoms with van der Waals surface area (Å²) in [6.45, 7) is 4.36. The number of carbonyl (C=O) groups excluding carboxylic acids is 2. The third kappa shape index (κ3) is 5.13. The van der Waals surface area contributed by atoms with Crippen LogP contribution in [0.2, 0.25) is 0 Å². The lowest BCUT2D eigenvalue weighted by Crippen LogP contribution is -2.45. The minimum absolute atomic E-state index is 0.119. The van der Waals surface area contributed by atoms with Crippen molar-refractivity contribution in [1.82, 2.24) is 15.0 Å². The van der Waals surface area contributed by atoms with E-state index in [0.29, 0.717) is 23.0 Å². The van der Waals surface area contributed by atoms with E-state index in [-0.39, 0.29) is 18.6 Å². The minimum Gasteiger partial charge on any atom is -0.452 e. The van der Waals surface area contributed by atoms with Crippen LogP contribution in [-0.2, 0) is 15.3 Å². The zero-order valence-electron chi connectivity index (χ0n) is 16.2. The van der Waals surface area contributed by atoms with Crippen LogP contribution in [0.5, 0.6) is 0 Å². The van der Waals surface area contributed by atoms with Gasteiger partial charge >= 0.3 is 5.97 Å². The fraction of sp³-hybridized carbons (Fsp3) is 0.500. The van der Waals surface area contributed by atoms with Gasteiger partial charge in [0.1, 0.15) is 0 Å². The highest BCUT2D eigenvalue weighted by Gasteiger charge is 2.26. The minimum atomic E-state index is -0.497. The molecule has 1 saturated heterocycles. The van der Waals surface area contributed by atoms with E-state index in [1.54, 1.807) is 19.1 Å². The second-order valence-electron chi connectivity index (χ2n) is 6.74. The molecule has 8 heteroatoms. The number of amides is 1. The molecule has 28 heavy (non-hydrogen) atoms. The average Bonchev–Trinajstić information content (AvgIpc) is 3.15. The maximum absolute atomic E-state index is 12.6. The second-order valence-corrected chi connectivity index (χ2v) is 7.76. The van der Waals surface area contributed by atoms with Gasteiger partial charge in [-0.1, -0.05) is 24.2 Å². The molecule has 0 saturated carbocycles. The van der Waals surface area contributed by atoms with E-state index in [9.17, 15) is 9.59 Å². The SMILES string of the molecule is CCC1CCCCN1C(=O)COC(=O)c1ccccc1SCc1nc(C)no1. The van der Waals surface area contributed by atoms with Gasteiger partial charge in [-0.3, -0.25) is 4.79 Å². The maximum Gasteiger partial charge on any atom is 0.339 e. The molecule has 3 rings (SSSR count). The molecule has 0 aliphatic carbocycles. The summed E-state index contributed by atoms with van der Waals surface area (Å²) in [5, 5.41) is 3.76. The lowest BCUT2D eigenvalue weighted by atomic mass is 10.00. The smallest absolute Gasteiger partial charge is 0.339 e. The number of nitrogens with zero attached hydrogens (tertiary/aromatic N) is 3. The summed E-state index contributed by atoms with van der Waals surface area (Å²) in [5.41, 5.74) is 0.433. The van der Waals surface area contributed by atoms with Gasteiger partial charge in [-0.25, -0.2) is 4.79 Å². The number of piperidine rings is 1. The molecular formula is C20H25N3O4S. The first kappa shape index (κ1) is 20.4. The Hall–Kier alpha value is -2.35. The molecule has 1 aromatic heterocycles. The standard InChI is InChI=1S/C20H25N3O4S/c1-3-15-8-6-7-11-23(15)19(24)12-26-20(25)16-9-4-5-10-17(16)28-13-18-21-14(2)22-27-18/h4-5,9-10,15H,3,6-8,11-13H2,1-2H3. The van der Waals surface area contributed by atoms with E-state index in [4.69, 9.17) is 9.26 Å². The number of benzene rings is 1. The van der Waals surface area contributed by atoms with Crippen LogP contribution >= 0.6 is 11.8 Å². The molecular weight excluding hydrogens is 378 g/mol. The monoisotopic (exact) mass is 403 g/mol. The predicted octanol–water partition coefficient (Wildman–Crippen LogP) is 3.62. The van der Waals surface area contributed by atoms with Crippen molar-refractivity contribution in [3.05, 3.63) is 41.5 Å². The molecule has 1 fully saturated rings. The number of rotatable bonds is 7. The summed E-state index contributed by atoms with van der Waals surface area (Å²) in [4.78, 5) is 31.8. The van der Waals surface area contributed by atoms with E-state index in [1.165, 1.54) is 11.8 Å². The van der Waals surface area contributed by atoms with Crippen molar-refractivity contribution in [3.8, 4) is 0 Å². The van der Waals surface area contributed by atoms with Crippen molar-refractivity contribution in [2.24, 2.45) is 0 Å². The van der Waals surface area contributed by atoms with Crippen molar-refractivity contribution in [2.45, 2.75) is 56.2 Å². The number of aryl methyl sites for hydroxylation is 1. The Morgan fingerprint density at radius 1 is 1.32 bits per heavy atom. The summed E-state index contributed by atoms with van der Waals surface area (Å²) in [6.07, 6.45) is 4.09. The van der Waals surface area contributed by atoms with Crippen LogP contribution < -0.4 is 0 Å². The maximum atomic E-state index is 12.6. The van der Waals surface area contributed by atoms with Gasteiger partial charge in [0.15, 0.2) is 12.4 Å². The van der Waals surface area contributed by atoms with E-state index in [2.05, 4.69) is 17.1 Å². The molecule has 0 radical (unpaired) electrons. The summed E-state index contributed by atoms with van der Waals surface area (Å²) in [7, 11) is 0. The topological polar surface area (TPSA) is 85.5 Å². The first-order valence-corrected chi connectivity index (χ1v) is 10.5. The van der Waals surface area contributed by atoms with Crippen LogP contribution in [0.3, 0.4) is 0 Å². The van der Waals surface area contributed by atoms with Gasteiger partial charge in [0, 0.05) is 17.5 Å². The summed E-state index contributed by atoms with van der Waals surface area (Å²) in [5.74, 6) is 0.909. The zero-order valence-corrected chi connectivity index (χ0v) is 17.0. The summed E-state index contributed by atoms with van der Waals surface area (Å²) < 4.78 is 10.4. The number of hydrogen-bond acceptors (Lipinski definition) is 7. The van der Waals surface area contributed by atoms with Gasteiger partial charge in [0.2, 0.25) is 5.89 Å². The van der Waals surface area contributed by atoms with Crippen molar-refractivity contribution in [3.63, 3.8) is 0 Å². The number of likely N-dealkylation sites (tertiary alicyclic amines) is 1. The Bertz CT molecular complexity index is 823. The second kappa shape index (κ2) is 9.73. The first-order valence-electron chi connectivity index (χ1n) is 9.56. The molecule has 2 heterocycles. The molecule has 0 spiro atoms. The van der Waals surface area contributed by atoms with E-state index in [0.717, 1.165) is 37.1 Å². The van der Waals surface area contributed by atoms with Gasteiger partial charge in [0.25, 0.3) is 5.91 Å². The average molecular weight is 404 g/mol. The summed E-state index contributed by atoms with van der Waals surface area (Å²) in [6, 6.07) is 7.41. The Morgan fingerprint density at radius 2 is 2.14 bits per heavy atom. The molecule has 1 aromatic carbocycles. The summed E-state index contributed by atoms with van der Waals surface area (Å²) >= 11 is 1.42. The normalized spacial score (nSPS) is 16.8. The number of hydrogen-bond donors (Lipinski definition) is 0. The number of aromatic nitrogens is 2. The molecule has 0 N–H and O–H groups in total. The quantitative estimate of drug-likeness (QED) is 0.515. The van der Waals surface area contributed by atoms with Crippen molar-refractivity contribution in [2.75, 3.05) is 13.2 Å². The molecule has 1 aliphatic heterocycles. The molecule has 1 aliphatic rings. The number of thioether (sulfide) groups is 1. The Balaban J connectivity index is 1.58. The zero-order chi connectivity index (χ0) is 19.9. The number of esters is 1. The fourth-order valence-electron chi connectivity index (χ4n) is 3.34.